The Morgan fingerprint density at radius 2 is 1.50 bits per heavy atom. The minimum absolute atomic E-state index is 0.0700. The molecule has 138 valence electrons. The fourth-order valence-corrected chi connectivity index (χ4v) is 3.14. The summed E-state index contributed by atoms with van der Waals surface area (Å²) in [6.45, 7) is 0. The molecule has 0 N–H and O–H groups in total. The van der Waals surface area contributed by atoms with Crippen molar-refractivity contribution in [1.29, 1.82) is 0 Å². The lowest BCUT2D eigenvalue weighted by atomic mass is 10.1. The van der Waals surface area contributed by atoms with Crippen molar-refractivity contribution in [3.05, 3.63) is 101 Å². The topological polar surface area (TPSA) is 38.1 Å². The summed E-state index contributed by atoms with van der Waals surface area (Å²) in [6.07, 6.45) is 3.88. The van der Waals surface area contributed by atoms with Crippen LogP contribution in [0.4, 0.5) is 5.69 Å². The van der Waals surface area contributed by atoms with Crippen LogP contribution < -0.4 is 10.5 Å². The van der Waals surface area contributed by atoms with Gasteiger partial charge < -0.3 is 4.90 Å². The summed E-state index contributed by atoms with van der Waals surface area (Å²) >= 11 is 0. The maximum Gasteiger partial charge on any atom is 0.266 e. The van der Waals surface area contributed by atoms with E-state index in [4.69, 9.17) is 4.98 Å². The first-order chi connectivity index (χ1) is 13.6. The fraction of sp³-hybridized carbons (Fsp3) is 0.0833. The number of hydrogen-bond donors (Lipinski definition) is 0. The van der Waals surface area contributed by atoms with Crippen molar-refractivity contribution in [1.82, 2.24) is 9.55 Å². The number of aromatic nitrogens is 2. The Kier molecular flexibility index (Phi) is 4.77. The molecule has 0 aliphatic rings. The summed E-state index contributed by atoms with van der Waals surface area (Å²) in [6, 6.07) is 25.3. The quantitative estimate of drug-likeness (QED) is 0.528. The van der Waals surface area contributed by atoms with Crippen molar-refractivity contribution in [3.63, 3.8) is 0 Å². The fourth-order valence-electron chi connectivity index (χ4n) is 3.14. The summed E-state index contributed by atoms with van der Waals surface area (Å²) in [5.41, 5.74) is 3.62. The minimum Gasteiger partial charge on any atom is -0.378 e. The van der Waals surface area contributed by atoms with Gasteiger partial charge in [-0.05, 0) is 48.0 Å². The van der Waals surface area contributed by atoms with E-state index in [9.17, 15) is 4.79 Å². The number of benzene rings is 3. The molecule has 1 heterocycles. The van der Waals surface area contributed by atoms with Crippen molar-refractivity contribution in [2.75, 3.05) is 19.0 Å². The molecular formula is C24H21N3O. The van der Waals surface area contributed by atoms with Gasteiger partial charge in [-0.3, -0.25) is 9.36 Å². The second-order valence-electron chi connectivity index (χ2n) is 6.78. The van der Waals surface area contributed by atoms with Crippen molar-refractivity contribution >= 4 is 28.7 Å². The molecule has 4 nitrogen and oxygen atoms in total. The lowest BCUT2D eigenvalue weighted by Gasteiger charge is -2.12. The Morgan fingerprint density at radius 3 is 2.21 bits per heavy atom. The average molecular weight is 367 g/mol. The van der Waals surface area contributed by atoms with Crippen molar-refractivity contribution < 1.29 is 0 Å². The highest BCUT2D eigenvalue weighted by molar-refractivity contribution is 5.80. The molecule has 0 aliphatic heterocycles. The van der Waals surface area contributed by atoms with E-state index in [0.29, 0.717) is 16.7 Å². The van der Waals surface area contributed by atoms with Crippen LogP contribution in [0.1, 0.15) is 11.4 Å². The molecule has 0 saturated carbocycles. The molecule has 4 aromatic rings. The molecule has 28 heavy (non-hydrogen) atoms. The van der Waals surface area contributed by atoms with E-state index in [1.165, 1.54) is 0 Å². The Hall–Kier alpha value is -3.66. The van der Waals surface area contributed by atoms with Gasteiger partial charge in [0.1, 0.15) is 5.82 Å². The van der Waals surface area contributed by atoms with Gasteiger partial charge in [0, 0.05) is 19.8 Å². The molecule has 0 radical (unpaired) electrons. The third-order valence-electron chi connectivity index (χ3n) is 4.65. The maximum atomic E-state index is 13.2. The highest BCUT2D eigenvalue weighted by atomic mass is 16.1. The lowest BCUT2D eigenvalue weighted by molar-refractivity contribution is 0.944. The molecule has 4 rings (SSSR count). The molecule has 4 heteroatoms. The molecule has 1 aromatic heterocycles. The van der Waals surface area contributed by atoms with E-state index < -0.39 is 0 Å². The van der Waals surface area contributed by atoms with Gasteiger partial charge in [0.15, 0.2) is 0 Å². The number of para-hydroxylation sites is 2. The van der Waals surface area contributed by atoms with E-state index in [1.807, 2.05) is 80.8 Å². The number of hydrogen-bond acceptors (Lipinski definition) is 3. The predicted octanol–water partition coefficient (Wildman–Crippen LogP) is 4.62. The largest absolute Gasteiger partial charge is 0.378 e. The summed E-state index contributed by atoms with van der Waals surface area (Å²) in [5, 5.41) is 0.610. The molecule has 0 spiro atoms. The van der Waals surface area contributed by atoms with Gasteiger partial charge in [-0.2, -0.15) is 0 Å². The Morgan fingerprint density at radius 1 is 0.821 bits per heavy atom. The zero-order valence-electron chi connectivity index (χ0n) is 15.9. The van der Waals surface area contributed by atoms with Crippen LogP contribution in [0.25, 0.3) is 28.7 Å². The van der Waals surface area contributed by atoms with Crippen LogP contribution in [0.3, 0.4) is 0 Å². The van der Waals surface area contributed by atoms with Crippen LogP contribution in [0.2, 0.25) is 0 Å². The maximum absolute atomic E-state index is 13.2. The number of fused-ring (bicyclic) bond motifs is 1. The van der Waals surface area contributed by atoms with Crippen LogP contribution in [0.15, 0.2) is 83.7 Å². The van der Waals surface area contributed by atoms with E-state index in [-0.39, 0.29) is 5.56 Å². The second kappa shape index (κ2) is 7.53. The molecule has 0 saturated heterocycles. The van der Waals surface area contributed by atoms with Crippen LogP contribution in [-0.4, -0.2) is 23.6 Å². The zero-order chi connectivity index (χ0) is 19.5. The van der Waals surface area contributed by atoms with Crippen molar-refractivity contribution in [2.24, 2.45) is 0 Å². The number of rotatable bonds is 4. The van der Waals surface area contributed by atoms with Crippen LogP contribution in [0.5, 0.6) is 0 Å². The zero-order valence-corrected chi connectivity index (χ0v) is 15.9. The van der Waals surface area contributed by atoms with Gasteiger partial charge in [-0.15, -0.1) is 0 Å². The van der Waals surface area contributed by atoms with Gasteiger partial charge in [-0.25, -0.2) is 4.98 Å². The smallest absolute Gasteiger partial charge is 0.266 e. The SMILES string of the molecule is CN(C)c1ccc(/C=C/c2nc3ccccc3c(=O)n2-c2ccccc2)cc1. The monoisotopic (exact) mass is 367 g/mol. The van der Waals surface area contributed by atoms with Gasteiger partial charge >= 0.3 is 0 Å². The van der Waals surface area contributed by atoms with Gasteiger partial charge in [-0.1, -0.05) is 48.5 Å². The van der Waals surface area contributed by atoms with E-state index in [2.05, 4.69) is 29.2 Å². The summed E-state index contributed by atoms with van der Waals surface area (Å²) in [4.78, 5) is 20.0. The van der Waals surface area contributed by atoms with Gasteiger partial charge in [0.05, 0.1) is 16.6 Å². The van der Waals surface area contributed by atoms with E-state index in [1.54, 1.807) is 4.57 Å². The summed E-state index contributed by atoms with van der Waals surface area (Å²) in [7, 11) is 4.03. The summed E-state index contributed by atoms with van der Waals surface area (Å²) in [5.74, 6) is 0.603. The highest BCUT2D eigenvalue weighted by Gasteiger charge is 2.10. The molecule has 0 aliphatic carbocycles. The van der Waals surface area contributed by atoms with Crippen LogP contribution in [-0.2, 0) is 0 Å². The lowest BCUT2D eigenvalue weighted by Crippen LogP contribution is -2.22. The third kappa shape index (κ3) is 3.45. The van der Waals surface area contributed by atoms with Crippen LogP contribution >= 0.6 is 0 Å². The first-order valence-electron chi connectivity index (χ1n) is 9.16. The molecule has 3 aromatic carbocycles. The second-order valence-corrected chi connectivity index (χ2v) is 6.78. The molecular weight excluding hydrogens is 346 g/mol. The normalized spacial score (nSPS) is 11.2. The first-order valence-corrected chi connectivity index (χ1v) is 9.16. The van der Waals surface area contributed by atoms with E-state index in [0.717, 1.165) is 16.9 Å². The predicted molar refractivity (Wildman–Crippen MR) is 117 cm³/mol. The molecule has 0 atom stereocenters. The molecule has 0 fully saturated rings. The first kappa shape index (κ1) is 17.7. The van der Waals surface area contributed by atoms with Gasteiger partial charge in [0.2, 0.25) is 0 Å². The third-order valence-corrected chi connectivity index (χ3v) is 4.65. The van der Waals surface area contributed by atoms with Crippen molar-refractivity contribution in [2.45, 2.75) is 0 Å². The molecule has 0 bridgehead atoms. The van der Waals surface area contributed by atoms with Crippen molar-refractivity contribution in [3.8, 4) is 5.69 Å². The van der Waals surface area contributed by atoms with Crippen LogP contribution in [0, 0.1) is 0 Å². The Balaban J connectivity index is 1.84. The Bertz CT molecular complexity index is 1190. The van der Waals surface area contributed by atoms with E-state index >= 15 is 0 Å². The molecule has 0 unspecified atom stereocenters. The summed E-state index contributed by atoms with van der Waals surface area (Å²) < 4.78 is 1.66. The number of nitrogens with zero attached hydrogens (tertiary/aromatic N) is 3. The number of anilines is 1. The molecule has 0 amide bonds. The minimum atomic E-state index is -0.0700. The standard InChI is InChI=1S/C24H21N3O/c1-26(2)19-15-12-18(13-16-19)14-17-23-25-22-11-7-6-10-21(22)24(28)27(23)20-8-4-3-5-9-20/h3-17H,1-2H3/b17-14+. The van der Waals surface area contributed by atoms with Gasteiger partial charge in [0.25, 0.3) is 5.56 Å². The highest BCUT2D eigenvalue weighted by Crippen LogP contribution is 2.17. The average Bonchev–Trinajstić information content (AvgIpc) is 2.73. The Labute approximate surface area is 164 Å².